The average molecular weight is 493 g/mol. The number of amides is 1. The summed E-state index contributed by atoms with van der Waals surface area (Å²) in [6.45, 7) is 4.10. The number of thiophene rings is 1. The van der Waals surface area contributed by atoms with Gasteiger partial charge in [-0.2, -0.15) is 0 Å². The summed E-state index contributed by atoms with van der Waals surface area (Å²) in [7, 11) is 0. The van der Waals surface area contributed by atoms with Crippen LogP contribution in [0.1, 0.15) is 37.0 Å². The lowest BCUT2D eigenvalue weighted by Gasteiger charge is -2.11. The van der Waals surface area contributed by atoms with Crippen molar-refractivity contribution in [3.05, 3.63) is 81.6 Å². The number of esters is 1. The smallest absolute Gasteiger partial charge is 0.340 e. The first-order chi connectivity index (χ1) is 16.9. The van der Waals surface area contributed by atoms with Crippen LogP contribution in [-0.4, -0.2) is 49.0 Å². The van der Waals surface area contributed by atoms with Gasteiger partial charge in [0.15, 0.2) is 6.61 Å². The summed E-state index contributed by atoms with van der Waals surface area (Å²) in [5, 5.41) is 15.3. The molecule has 0 aliphatic heterocycles. The van der Waals surface area contributed by atoms with Crippen LogP contribution in [0.3, 0.4) is 0 Å². The molecule has 11 heteroatoms. The molecule has 4 aromatic rings. The first-order valence-corrected chi connectivity index (χ1v) is 11.8. The maximum atomic E-state index is 12.9. The quantitative estimate of drug-likeness (QED) is 0.267. The van der Waals surface area contributed by atoms with Gasteiger partial charge in [0, 0.05) is 28.4 Å². The Balaban J connectivity index is 1.38. The Bertz CT molecular complexity index is 1330. The Morgan fingerprint density at radius 2 is 1.91 bits per heavy atom. The van der Waals surface area contributed by atoms with E-state index in [1.165, 1.54) is 22.0 Å². The molecule has 1 aromatic carbocycles. The molecule has 0 saturated heterocycles. The second kappa shape index (κ2) is 10.9. The molecule has 3 heterocycles. The number of carbonyl (C=O) groups excluding carboxylic acids is 3. The van der Waals surface area contributed by atoms with E-state index in [2.05, 4.69) is 31.5 Å². The van der Waals surface area contributed by atoms with E-state index in [0.29, 0.717) is 5.56 Å². The Morgan fingerprint density at radius 1 is 1.09 bits per heavy atom. The zero-order chi connectivity index (χ0) is 24.8. The minimum atomic E-state index is -0.705. The number of para-hydroxylation sites is 1. The summed E-state index contributed by atoms with van der Waals surface area (Å²) < 4.78 is 8.67. The molecule has 0 aliphatic carbocycles. The van der Waals surface area contributed by atoms with Crippen LogP contribution in [0, 0.1) is 13.8 Å². The number of ether oxygens (including phenoxy) is 1. The highest BCUT2D eigenvalue weighted by atomic mass is 32.1. The highest BCUT2D eigenvalue weighted by Gasteiger charge is 2.20. The lowest BCUT2D eigenvalue weighted by atomic mass is 10.1. The molecule has 0 bridgehead atoms. The van der Waals surface area contributed by atoms with Gasteiger partial charge in [-0.05, 0) is 60.3 Å². The predicted molar refractivity (Wildman–Crippen MR) is 129 cm³/mol. The molecule has 0 saturated carbocycles. The molecule has 180 valence electrons. The van der Waals surface area contributed by atoms with Crippen molar-refractivity contribution in [1.82, 2.24) is 24.8 Å². The van der Waals surface area contributed by atoms with Gasteiger partial charge >= 0.3 is 5.97 Å². The number of nitrogens with one attached hydrogen (secondary N) is 1. The summed E-state index contributed by atoms with van der Waals surface area (Å²) in [6.07, 6.45) is 2.19. The third-order valence-corrected chi connectivity index (χ3v) is 6.42. The molecule has 0 spiro atoms. The molecule has 0 unspecified atom stereocenters. The number of tetrazole rings is 1. The highest BCUT2D eigenvalue weighted by Crippen LogP contribution is 2.20. The first kappa shape index (κ1) is 24.0. The molecule has 0 atom stereocenters. The van der Waals surface area contributed by atoms with Gasteiger partial charge in [-0.1, -0.05) is 18.2 Å². The highest BCUT2D eigenvalue weighted by molar-refractivity contribution is 7.09. The van der Waals surface area contributed by atoms with Gasteiger partial charge in [0.2, 0.25) is 11.7 Å². The van der Waals surface area contributed by atoms with Crippen molar-refractivity contribution in [3.8, 4) is 0 Å². The van der Waals surface area contributed by atoms with Crippen molar-refractivity contribution in [2.24, 2.45) is 0 Å². The number of anilines is 1. The number of aryl methyl sites for hydroxylation is 2. The van der Waals surface area contributed by atoms with Crippen LogP contribution in [0.5, 0.6) is 0 Å². The lowest BCUT2D eigenvalue weighted by molar-refractivity contribution is -0.116. The Hall–Kier alpha value is -4.12. The van der Waals surface area contributed by atoms with Gasteiger partial charge in [-0.15, -0.1) is 16.4 Å². The van der Waals surface area contributed by atoms with Crippen molar-refractivity contribution >= 4 is 34.7 Å². The molecule has 0 fully saturated rings. The van der Waals surface area contributed by atoms with Crippen LogP contribution in [-0.2, 0) is 29.0 Å². The summed E-state index contributed by atoms with van der Waals surface area (Å²) in [5.41, 5.74) is 2.77. The third-order valence-electron chi connectivity index (χ3n) is 5.49. The van der Waals surface area contributed by atoms with Crippen LogP contribution in [0.15, 0.2) is 54.2 Å². The van der Waals surface area contributed by atoms with Gasteiger partial charge in [0.05, 0.1) is 11.3 Å². The minimum Gasteiger partial charge on any atom is -0.454 e. The van der Waals surface area contributed by atoms with Crippen molar-refractivity contribution in [3.63, 3.8) is 0 Å². The monoisotopic (exact) mass is 492 g/mol. The van der Waals surface area contributed by atoms with Gasteiger partial charge in [-0.3, -0.25) is 9.59 Å². The molecule has 4 rings (SSSR count). The van der Waals surface area contributed by atoms with Crippen LogP contribution in [0.2, 0.25) is 0 Å². The van der Waals surface area contributed by atoms with Crippen molar-refractivity contribution in [1.29, 1.82) is 0 Å². The summed E-state index contributed by atoms with van der Waals surface area (Å²) >= 11 is 1.71. The third kappa shape index (κ3) is 5.87. The molecule has 1 N–H and O–H groups in total. The minimum absolute atomic E-state index is 0.114. The number of benzene rings is 1. The first-order valence-electron chi connectivity index (χ1n) is 10.9. The molecule has 10 nitrogen and oxygen atoms in total. The number of carbonyl (C=O) groups is 3. The second-order valence-corrected chi connectivity index (χ2v) is 8.90. The van der Waals surface area contributed by atoms with E-state index in [1.807, 2.05) is 31.4 Å². The Kier molecular flexibility index (Phi) is 7.46. The van der Waals surface area contributed by atoms with E-state index in [1.54, 1.807) is 29.5 Å². The maximum absolute atomic E-state index is 12.9. The largest absolute Gasteiger partial charge is 0.454 e. The number of nitrogens with zero attached hydrogens (tertiary/aromatic N) is 5. The molecule has 35 heavy (non-hydrogen) atoms. The van der Waals surface area contributed by atoms with Crippen LogP contribution < -0.4 is 5.32 Å². The molecule has 0 radical (unpaired) electrons. The SMILES string of the molecule is Cc1cc(C(=O)COC(=O)c2ccccc2NC(=O)Cn2cnnn2)c(C)n1CCc1cccs1. The molecule has 0 aliphatic rings. The number of hydrogen-bond donors (Lipinski definition) is 1. The number of aromatic nitrogens is 5. The number of Topliss-reactive ketones (excluding diaryl/α,β-unsaturated/α-hetero) is 1. The number of hydrogen-bond acceptors (Lipinski definition) is 8. The topological polar surface area (TPSA) is 121 Å². The Morgan fingerprint density at radius 3 is 2.66 bits per heavy atom. The van der Waals surface area contributed by atoms with Crippen LogP contribution in [0.4, 0.5) is 5.69 Å². The number of ketones is 1. The van der Waals surface area contributed by atoms with E-state index in [9.17, 15) is 14.4 Å². The summed E-state index contributed by atoms with van der Waals surface area (Å²) in [6, 6.07) is 12.4. The fourth-order valence-electron chi connectivity index (χ4n) is 3.75. The van der Waals surface area contributed by atoms with Crippen molar-refractivity contribution in [2.45, 2.75) is 33.4 Å². The van der Waals surface area contributed by atoms with Crippen LogP contribution in [0.25, 0.3) is 0 Å². The fourth-order valence-corrected chi connectivity index (χ4v) is 4.45. The summed E-state index contributed by atoms with van der Waals surface area (Å²) in [5.74, 6) is -1.40. The van der Waals surface area contributed by atoms with Gasteiger partial charge in [-0.25, -0.2) is 9.48 Å². The standard InChI is InChI=1S/C24H24N6O4S/c1-16-12-20(17(2)30(16)10-9-18-6-5-11-35-18)22(31)14-34-24(33)19-7-3-4-8-21(19)26-23(32)13-29-15-25-27-28-29/h3-8,11-12,15H,9-10,13-14H2,1-2H3,(H,26,32). The van der Waals surface area contributed by atoms with E-state index in [-0.39, 0.29) is 23.6 Å². The predicted octanol–water partition coefficient (Wildman–Crippen LogP) is 3.07. The van der Waals surface area contributed by atoms with Crippen molar-refractivity contribution in [2.75, 3.05) is 11.9 Å². The Labute approximate surface area is 205 Å². The zero-order valence-electron chi connectivity index (χ0n) is 19.3. The fraction of sp³-hybridized carbons (Fsp3) is 0.250. The normalized spacial score (nSPS) is 10.8. The van der Waals surface area contributed by atoms with E-state index >= 15 is 0 Å². The molecular formula is C24H24N6O4S. The number of rotatable bonds is 10. The van der Waals surface area contributed by atoms with Crippen molar-refractivity contribution < 1.29 is 19.1 Å². The van der Waals surface area contributed by atoms with Crippen LogP contribution >= 0.6 is 11.3 Å². The average Bonchev–Trinajstić information content (AvgIpc) is 3.60. The van der Waals surface area contributed by atoms with Gasteiger partial charge in [0.1, 0.15) is 12.9 Å². The molecule has 1 amide bonds. The second-order valence-electron chi connectivity index (χ2n) is 7.87. The molecular weight excluding hydrogens is 468 g/mol. The lowest BCUT2D eigenvalue weighted by Crippen LogP contribution is -2.21. The van der Waals surface area contributed by atoms with E-state index < -0.39 is 18.5 Å². The van der Waals surface area contributed by atoms with Gasteiger partial charge < -0.3 is 14.6 Å². The zero-order valence-corrected chi connectivity index (χ0v) is 20.1. The van der Waals surface area contributed by atoms with E-state index in [0.717, 1.165) is 24.4 Å². The maximum Gasteiger partial charge on any atom is 0.340 e. The van der Waals surface area contributed by atoms with E-state index in [4.69, 9.17) is 4.74 Å². The molecule has 3 aromatic heterocycles. The van der Waals surface area contributed by atoms with Gasteiger partial charge in [0.25, 0.3) is 0 Å². The summed E-state index contributed by atoms with van der Waals surface area (Å²) in [4.78, 5) is 39.1.